The van der Waals surface area contributed by atoms with E-state index in [0.29, 0.717) is 38.9 Å². The smallest absolute Gasteiger partial charge is 0.327 e. The van der Waals surface area contributed by atoms with Gasteiger partial charge in [0.2, 0.25) is 0 Å². The Balaban J connectivity index is 1.81. The summed E-state index contributed by atoms with van der Waals surface area (Å²) in [6.07, 6.45) is 5.03. The second-order valence-electron chi connectivity index (χ2n) is 7.86. The van der Waals surface area contributed by atoms with Crippen molar-refractivity contribution in [3.63, 3.8) is 0 Å². The number of anilines is 1. The first-order chi connectivity index (χ1) is 12.9. The van der Waals surface area contributed by atoms with Crippen LogP contribution in [-0.2, 0) is 4.79 Å². The van der Waals surface area contributed by atoms with Crippen LogP contribution in [-0.4, -0.2) is 75.1 Å². The lowest BCUT2D eigenvalue weighted by Crippen LogP contribution is -2.57. The second-order valence-corrected chi connectivity index (χ2v) is 7.86. The molecule has 27 heavy (non-hydrogen) atoms. The Kier molecular flexibility index (Phi) is 5.64. The van der Waals surface area contributed by atoms with Crippen LogP contribution in [0.1, 0.15) is 38.8 Å². The average Bonchev–Trinajstić information content (AvgIpc) is 2.82. The highest BCUT2D eigenvalue weighted by molar-refractivity contribution is 6.07. The number of aryl methyl sites for hydroxylation is 1. The van der Waals surface area contributed by atoms with Crippen LogP contribution in [0.3, 0.4) is 0 Å². The van der Waals surface area contributed by atoms with Gasteiger partial charge in [0.05, 0.1) is 11.9 Å². The van der Waals surface area contributed by atoms with E-state index >= 15 is 0 Å². The molecule has 0 aliphatic carbocycles. The third kappa shape index (κ3) is 3.63. The lowest BCUT2D eigenvalue weighted by molar-refractivity contribution is -0.134. The first-order valence-electron chi connectivity index (χ1n) is 9.67. The van der Waals surface area contributed by atoms with Crippen molar-refractivity contribution in [1.29, 1.82) is 0 Å². The molecule has 3 rings (SSSR count). The Hall–Kier alpha value is -2.22. The number of nitrogens with zero attached hydrogens (tertiary/aromatic N) is 5. The van der Waals surface area contributed by atoms with Crippen molar-refractivity contribution in [2.75, 3.05) is 37.7 Å². The maximum atomic E-state index is 13.2. The number of piperidine rings is 1. The second kappa shape index (κ2) is 7.80. The summed E-state index contributed by atoms with van der Waals surface area (Å²) < 4.78 is 0. The third-order valence-electron chi connectivity index (χ3n) is 5.37. The summed E-state index contributed by atoms with van der Waals surface area (Å²) >= 11 is 0. The number of aromatic nitrogens is 2. The summed E-state index contributed by atoms with van der Waals surface area (Å²) in [7, 11) is 0. The number of aliphatic hydroxyl groups is 1. The van der Waals surface area contributed by atoms with Gasteiger partial charge in [-0.1, -0.05) is 13.8 Å². The van der Waals surface area contributed by atoms with Crippen LogP contribution >= 0.6 is 0 Å². The Morgan fingerprint density at radius 3 is 2.52 bits per heavy atom. The predicted molar refractivity (Wildman–Crippen MR) is 101 cm³/mol. The molecule has 0 unspecified atom stereocenters. The van der Waals surface area contributed by atoms with Crippen molar-refractivity contribution < 1.29 is 14.7 Å². The van der Waals surface area contributed by atoms with Crippen LogP contribution in [0.15, 0.2) is 12.4 Å². The number of imide groups is 1. The summed E-state index contributed by atoms with van der Waals surface area (Å²) in [5, 5.41) is 9.11. The minimum atomic E-state index is -0.773. The molecule has 2 saturated heterocycles. The monoisotopic (exact) mass is 375 g/mol. The van der Waals surface area contributed by atoms with E-state index in [1.807, 2.05) is 6.92 Å². The van der Waals surface area contributed by atoms with Gasteiger partial charge >= 0.3 is 6.03 Å². The lowest BCUT2D eigenvalue weighted by Gasteiger charge is -2.43. The fourth-order valence-electron chi connectivity index (χ4n) is 4.02. The highest BCUT2D eigenvalue weighted by Gasteiger charge is 2.57. The molecule has 3 heterocycles. The summed E-state index contributed by atoms with van der Waals surface area (Å²) in [5.41, 5.74) is 0.0846. The molecule has 148 valence electrons. The number of rotatable bonds is 6. The Labute approximate surface area is 160 Å². The van der Waals surface area contributed by atoms with Crippen molar-refractivity contribution in [3.8, 4) is 0 Å². The Morgan fingerprint density at radius 2 is 1.93 bits per heavy atom. The van der Waals surface area contributed by atoms with Crippen LogP contribution in [0.25, 0.3) is 0 Å². The Bertz CT molecular complexity index is 700. The number of hydrogen-bond acceptors (Lipinski definition) is 6. The number of hydrogen-bond donors (Lipinski definition) is 1. The zero-order valence-corrected chi connectivity index (χ0v) is 16.4. The van der Waals surface area contributed by atoms with E-state index in [9.17, 15) is 9.59 Å². The molecule has 0 radical (unpaired) electrons. The fourth-order valence-corrected chi connectivity index (χ4v) is 4.02. The van der Waals surface area contributed by atoms with Gasteiger partial charge in [0.15, 0.2) is 0 Å². The maximum Gasteiger partial charge on any atom is 0.327 e. The van der Waals surface area contributed by atoms with Crippen molar-refractivity contribution in [1.82, 2.24) is 19.8 Å². The molecule has 2 fully saturated rings. The fraction of sp³-hybridized carbons (Fsp3) is 0.684. The molecular weight excluding hydrogens is 346 g/mol. The van der Waals surface area contributed by atoms with Gasteiger partial charge in [-0.05, 0) is 32.1 Å². The van der Waals surface area contributed by atoms with Gasteiger partial charge in [-0.25, -0.2) is 9.78 Å². The molecule has 1 aromatic rings. The summed E-state index contributed by atoms with van der Waals surface area (Å²) in [6, 6.07) is -0.217. The molecule has 2 aliphatic heterocycles. The van der Waals surface area contributed by atoms with Gasteiger partial charge in [-0.2, -0.15) is 0 Å². The Morgan fingerprint density at radius 1 is 1.22 bits per heavy atom. The standard InChI is InChI=1S/C19H29N5O3/c1-14(2)13-24-18(27)23(7-4-10-25)17(26)19(24)5-8-22(9-6-19)16-12-20-11-15(3)21-16/h11-12,14,25H,4-10,13H2,1-3H3. The van der Waals surface area contributed by atoms with E-state index in [0.717, 1.165) is 11.5 Å². The molecule has 2 aliphatic rings. The average molecular weight is 375 g/mol. The minimum Gasteiger partial charge on any atom is -0.396 e. The van der Waals surface area contributed by atoms with E-state index in [1.54, 1.807) is 17.3 Å². The normalized spacial score (nSPS) is 19.7. The van der Waals surface area contributed by atoms with Crippen LogP contribution in [0.2, 0.25) is 0 Å². The third-order valence-corrected chi connectivity index (χ3v) is 5.37. The number of carbonyl (C=O) groups excluding carboxylic acids is 2. The molecule has 0 saturated carbocycles. The zero-order valence-electron chi connectivity index (χ0n) is 16.4. The predicted octanol–water partition coefficient (Wildman–Crippen LogP) is 1.43. The number of carbonyl (C=O) groups is 2. The minimum absolute atomic E-state index is 0.0337. The largest absolute Gasteiger partial charge is 0.396 e. The van der Waals surface area contributed by atoms with Gasteiger partial charge in [0, 0.05) is 39.0 Å². The SMILES string of the molecule is Cc1cncc(N2CCC3(CC2)C(=O)N(CCCO)C(=O)N3CC(C)C)n1. The molecule has 0 atom stereocenters. The van der Waals surface area contributed by atoms with Crippen molar-refractivity contribution >= 4 is 17.8 Å². The molecular formula is C19H29N5O3. The van der Waals surface area contributed by atoms with E-state index in [4.69, 9.17) is 5.11 Å². The maximum absolute atomic E-state index is 13.2. The quantitative estimate of drug-likeness (QED) is 0.757. The molecule has 8 nitrogen and oxygen atoms in total. The van der Waals surface area contributed by atoms with Gasteiger partial charge in [0.1, 0.15) is 11.4 Å². The first-order valence-corrected chi connectivity index (χ1v) is 9.67. The van der Waals surface area contributed by atoms with Gasteiger partial charge in [0.25, 0.3) is 5.91 Å². The molecule has 1 spiro atoms. The van der Waals surface area contributed by atoms with Gasteiger partial charge < -0.3 is 14.9 Å². The summed E-state index contributed by atoms with van der Waals surface area (Å²) in [5.74, 6) is 0.975. The van der Waals surface area contributed by atoms with Crippen LogP contribution in [0.4, 0.5) is 10.6 Å². The molecule has 1 N–H and O–H groups in total. The number of aliphatic hydroxyl groups excluding tert-OH is 1. The van der Waals surface area contributed by atoms with E-state index in [1.165, 1.54) is 4.90 Å². The highest BCUT2D eigenvalue weighted by atomic mass is 16.3. The molecule has 0 bridgehead atoms. The van der Waals surface area contributed by atoms with Crippen molar-refractivity contribution in [3.05, 3.63) is 18.1 Å². The number of amides is 3. The molecule has 1 aromatic heterocycles. The van der Waals surface area contributed by atoms with E-state index in [-0.39, 0.29) is 31.0 Å². The van der Waals surface area contributed by atoms with Gasteiger partial charge in [-0.3, -0.25) is 14.7 Å². The molecule has 3 amide bonds. The van der Waals surface area contributed by atoms with E-state index < -0.39 is 5.54 Å². The van der Waals surface area contributed by atoms with Crippen molar-refractivity contribution in [2.45, 2.75) is 45.6 Å². The first kappa shape index (κ1) is 19.5. The van der Waals surface area contributed by atoms with Crippen LogP contribution in [0, 0.1) is 12.8 Å². The lowest BCUT2D eigenvalue weighted by atomic mass is 9.85. The summed E-state index contributed by atoms with van der Waals surface area (Å²) in [6.45, 7) is 8.12. The zero-order chi connectivity index (χ0) is 19.6. The molecule has 8 heteroatoms. The topological polar surface area (TPSA) is 89.9 Å². The van der Waals surface area contributed by atoms with E-state index in [2.05, 4.69) is 28.7 Å². The highest BCUT2D eigenvalue weighted by Crippen LogP contribution is 2.38. The van der Waals surface area contributed by atoms with Crippen molar-refractivity contribution in [2.24, 2.45) is 5.92 Å². The number of urea groups is 1. The molecule has 0 aromatic carbocycles. The van der Waals surface area contributed by atoms with Crippen LogP contribution in [0.5, 0.6) is 0 Å². The van der Waals surface area contributed by atoms with Crippen LogP contribution < -0.4 is 4.90 Å². The summed E-state index contributed by atoms with van der Waals surface area (Å²) in [4.78, 5) is 40.1. The van der Waals surface area contributed by atoms with Gasteiger partial charge in [-0.15, -0.1) is 0 Å².